The zero-order valence-corrected chi connectivity index (χ0v) is 16.9. The van der Waals surface area contributed by atoms with E-state index < -0.39 is 5.41 Å². The molecule has 2 rings (SSSR count). The van der Waals surface area contributed by atoms with Gasteiger partial charge in [-0.1, -0.05) is 23.7 Å². The molecule has 144 valence electrons. The van der Waals surface area contributed by atoms with Crippen LogP contribution in [0.15, 0.2) is 29.3 Å². The molecule has 1 aromatic carbocycles. The van der Waals surface area contributed by atoms with Crippen molar-refractivity contribution in [1.29, 1.82) is 0 Å². The predicted molar refractivity (Wildman–Crippen MR) is 109 cm³/mol. The van der Waals surface area contributed by atoms with Gasteiger partial charge in [-0.3, -0.25) is 9.79 Å². The first-order valence-corrected chi connectivity index (χ1v) is 9.44. The van der Waals surface area contributed by atoms with Crippen LogP contribution in [0, 0.1) is 5.41 Å². The largest absolute Gasteiger partial charge is 0.368 e. The molecule has 26 heavy (non-hydrogen) atoms. The number of piperidine rings is 1. The summed E-state index contributed by atoms with van der Waals surface area (Å²) in [6.07, 6.45) is 2.16. The third-order valence-corrected chi connectivity index (χ3v) is 5.04. The summed E-state index contributed by atoms with van der Waals surface area (Å²) >= 11 is 6.35. The van der Waals surface area contributed by atoms with Gasteiger partial charge in [0.15, 0.2) is 5.96 Å². The number of rotatable bonds is 5. The van der Waals surface area contributed by atoms with Crippen molar-refractivity contribution in [2.75, 3.05) is 38.6 Å². The molecular weight excluding hydrogens is 350 g/mol. The van der Waals surface area contributed by atoms with Crippen LogP contribution in [0.2, 0.25) is 5.02 Å². The Morgan fingerprint density at radius 2 is 2.12 bits per heavy atom. The first-order valence-electron chi connectivity index (χ1n) is 9.06. The van der Waals surface area contributed by atoms with Gasteiger partial charge in [0.25, 0.3) is 0 Å². The number of hydrogen-bond donors (Lipinski definition) is 3. The van der Waals surface area contributed by atoms with Gasteiger partial charge in [0.1, 0.15) is 0 Å². The summed E-state index contributed by atoms with van der Waals surface area (Å²) in [5.41, 5.74) is 0.562. The van der Waals surface area contributed by atoms with E-state index in [1.54, 1.807) is 14.1 Å². The van der Waals surface area contributed by atoms with Crippen molar-refractivity contribution >= 4 is 29.2 Å². The van der Waals surface area contributed by atoms with E-state index in [1.807, 2.05) is 32.0 Å². The SMILES string of the molecule is CN=C(NCC(C)(C)C(=O)NC)NC1CCCN(c2ccccc2Cl)C1. The third kappa shape index (κ3) is 5.27. The molecule has 1 fully saturated rings. The zero-order valence-electron chi connectivity index (χ0n) is 16.1. The smallest absolute Gasteiger partial charge is 0.227 e. The molecule has 0 radical (unpaired) electrons. The van der Waals surface area contributed by atoms with E-state index in [2.05, 4.69) is 31.9 Å². The molecular formula is C19H30ClN5O. The van der Waals surface area contributed by atoms with Gasteiger partial charge in [-0.15, -0.1) is 0 Å². The molecule has 7 heteroatoms. The maximum Gasteiger partial charge on any atom is 0.227 e. The molecule has 0 aromatic heterocycles. The van der Waals surface area contributed by atoms with Crippen molar-refractivity contribution in [1.82, 2.24) is 16.0 Å². The molecule has 1 aliphatic heterocycles. The Morgan fingerprint density at radius 3 is 2.77 bits per heavy atom. The Balaban J connectivity index is 1.94. The number of nitrogens with zero attached hydrogens (tertiary/aromatic N) is 2. The molecule has 0 bridgehead atoms. The molecule has 0 spiro atoms. The quantitative estimate of drug-likeness (QED) is 0.542. The minimum absolute atomic E-state index is 0.00279. The molecule has 0 aliphatic carbocycles. The fraction of sp³-hybridized carbons (Fsp3) is 0.579. The van der Waals surface area contributed by atoms with Crippen LogP contribution < -0.4 is 20.9 Å². The Hall–Kier alpha value is -1.95. The molecule has 6 nitrogen and oxygen atoms in total. The number of carbonyl (C=O) groups excluding carboxylic acids is 1. The van der Waals surface area contributed by atoms with Gasteiger partial charge in [-0.25, -0.2) is 0 Å². The molecule has 1 saturated heterocycles. The highest BCUT2D eigenvalue weighted by Gasteiger charge is 2.27. The van der Waals surface area contributed by atoms with E-state index in [0.717, 1.165) is 36.6 Å². The predicted octanol–water partition coefficient (Wildman–Crippen LogP) is 2.25. The number of nitrogens with one attached hydrogen (secondary N) is 3. The average Bonchev–Trinajstić information content (AvgIpc) is 2.65. The van der Waals surface area contributed by atoms with E-state index in [-0.39, 0.29) is 11.9 Å². The fourth-order valence-corrected chi connectivity index (χ4v) is 3.39. The summed E-state index contributed by atoms with van der Waals surface area (Å²) in [6, 6.07) is 8.22. The second kappa shape index (κ2) is 9.12. The van der Waals surface area contributed by atoms with Crippen LogP contribution >= 0.6 is 11.6 Å². The van der Waals surface area contributed by atoms with Crippen LogP contribution in [0.4, 0.5) is 5.69 Å². The maximum absolute atomic E-state index is 11.9. The van der Waals surface area contributed by atoms with Crippen molar-refractivity contribution < 1.29 is 4.79 Å². The van der Waals surface area contributed by atoms with Gasteiger partial charge in [-0.2, -0.15) is 0 Å². The normalized spacial score (nSPS) is 18.4. The van der Waals surface area contributed by atoms with Crippen LogP contribution in [0.25, 0.3) is 0 Å². The Labute approximate surface area is 161 Å². The van der Waals surface area contributed by atoms with E-state index >= 15 is 0 Å². The number of para-hydroxylation sites is 1. The Kier molecular flexibility index (Phi) is 7.14. The summed E-state index contributed by atoms with van der Waals surface area (Å²) in [4.78, 5) is 18.5. The third-order valence-electron chi connectivity index (χ3n) is 4.72. The molecule has 1 unspecified atom stereocenters. The van der Waals surface area contributed by atoms with Gasteiger partial charge in [0.05, 0.1) is 16.1 Å². The first-order chi connectivity index (χ1) is 12.4. The minimum Gasteiger partial charge on any atom is -0.368 e. The van der Waals surface area contributed by atoms with E-state index in [4.69, 9.17) is 11.6 Å². The summed E-state index contributed by atoms with van der Waals surface area (Å²) in [5.74, 6) is 0.719. The Morgan fingerprint density at radius 1 is 1.38 bits per heavy atom. The summed E-state index contributed by atoms with van der Waals surface area (Å²) in [6.45, 7) is 6.19. The van der Waals surface area contributed by atoms with Crippen molar-refractivity contribution in [3.8, 4) is 0 Å². The van der Waals surface area contributed by atoms with Gasteiger partial charge < -0.3 is 20.9 Å². The topological polar surface area (TPSA) is 68.8 Å². The lowest BCUT2D eigenvalue weighted by atomic mass is 9.92. The molecule has 0 saturated carbocycles. The Bertz CT molecular complexity index is 647. The minimum atomic E-state index is -0.511. The highest BCUT2D eigenvalue weighted by Crippen LogP contribution is 2.27. The standard InChI is InChI=1S/C19H30ClN5O/c1-19(2,17(26)21-3)13-23-18(22-4)24-14-8-7-11-25(12-14)16-10-6-5-9-15(16)20/h5-6,9-10,14H,7-8,11-13H2,1-4H3,(H,21,26)(H2,22,23,24). The number of benzene rings is 1. The van der Waals surface area contributed by atoms with Gasteiger partial charge in [-0.05, 0) is 38.8 Å². The van der Waals surface area contributed by atoms with Crippen molar-refractivity contribution in [2.24, 2.45) is 10.4 Å². The van der Waals surface area contributed by atoms with Crippen molar-refractivity contribution in [2.45, 2.75) is 32.7 Å². The monoisotopic (exact) mass is 379 g/mol. The fourth-order valence-electron chi connectivity index (χ4n) is 3.13. The van der Waals surface area contributed by atoms with Crippen LogP contribution in [-0.2, 0) is 4.79 Å². The van der Waals surface area contributed by atoms with E-state index in [9.17, 15) is 4.79 Å². The number of guanidine groups is 1. The second-order valence-electron chi connectivity index (χ2n) is 7.27. The molecule has 3 N–H and O–H groups in total. The molecule has 1 amide bonds. The number of amides is 1. The molecule has 1 heterocycles. The summed E-state index contributed by atoms with van der Waals surface area (Å²) in [7, 11) is 3.40. The lowest BCUT2D eigenvalue weighted by Crippen LogP contribution is -2.53. The van der Waals surface area contributed by atoms with Crippen LogP contribution in [-0.4, -0.2) is 51.6 Å². The summed E-state index contributed by atoms with van der Waals surface area (Å²) < 4.78 is 0. The van der Waals surface area contributed by atoms with Crippen LogP contribution in [0.5, 0.6) is 0 Å². The highest BCUT2D eigenvalue weighted by molar-refractivity contribution is 6.33. The molecule has 1 aromatic rings. The lowest BCUT2D eigenvalue weighted by molar-refractivity contribution is -0.128. The average molecular weight is 380 g/mol. The lowest BCUT2D eigenvalue weighted by Gasteiger charge is -2.36. The number of carbonyl (C=O) groups is 1. The van der Waals surface area contributed by atoms with Crippen molar-refractivity contribution in [3.63, 3.8) is 0 Å². The van der Waals surface area contributed by atoms with Gasteiger partial charge >= 0.3 is 0 Å². The highest BCUT2D eigenvalue weighted by atomic mass is 35.5. The number of halogens is 1. The van der Waals surface area contributed by atoms with Crippen molar-refractivity contribution in [3.05, 3.63) is 29.3 Å². The maximum atomic E-state index is 11.9. The zero-order chi connectivity index (χ0) is 19.2. The first kappa shape index (κ1) is 20.4. The molecule has 1 aliphatic rings. The summed E-state index contributed by atoms with van der Waals surface area (Å²) in [5, 5.41) is 10.2. The van der Waals surface area contributed by atoms with Crippen LogP contribution in [0.3, 0.4) is 0 Å². The number of aliphatic imine (C=N–C) groups is 1. The van der Waals surface area contributed by atoms with E-state index in [0.29, 0.717) is 12.5 Å². The number of hydrogen-bond acceptors (Lipinski definition) is 3. The van der Waals surface area contributed by atoms with Gasteiger partial charge in [0.2, 0.25) is 5.91 Å². The molecule has 1 atom stereocenters. The number of anilines is 1. The second-order valence-corrected chi connectivity index (χ2v) is 7.68. The van der Waals surface area contributed by atoms with Gasteiger partial charge in [0, 0.05) is 39.8 Å². The van der Waals surface area contributed by atoms with E-state index in [1.165, 1.54) is 0 Å². The van der Waals surface area contributed by atoms with Crippen LogP contribution in [0.1, 0.15) is 26.7 Å².